The van der Waals surface area contributed by atoms with E-state index in [0.717, 1.165) is 33.8 Å². The number of aromatic nitrogens is 3. The number of carbonyl (C=O) groups is 1. The molecular formula is C16H21Cl2N5OS. The van der Waals surface area contributed by atoms with Crippen LogP contribution in [-0.4, -0.2) is 40.8 Å². The predicted octanol–water partition coefficient (Wildman–Crippen LogP) is 2.80. The van der Waals surface area contributed by atoms with Gasteiger partial charge in [0.2, 0.25) is 0 Å². The van der Waals surface area contributed by atoms with Crippen molar-refractivity contribution in [2.45, 2.75) is 6.92 Å². The molecule has 0 fully saturated rings. The number of likely N-dealkylation sites (N-methyl/N-ethyl adjacent to an activating group) is 1. The lowest BCUT2D eigenvalue weighted by atomic mass is 10.1. The molecule has 3 rings (SSSR count). The number of nitrogens with zero attached hydrogens (tertiary/aromatic N) is 3. The third-order valence-corrected chi connectivity index (χ3v) is 4.54. The molecule has 0 atom stereocenters. The highest BCUT2D eigenvalue weighted by Gasteiger charge is 2.19. The minimum absolute atomic E-state index is 0. The normalized spacial score (nSPS) is 10.2. The molecule has 0 radical (unpaired) electrons. The fourth-order valence-electron chi connectivity index (χ4n) is 2.57. The average molecular weight is 402 g/mol. The zero-order valence-electron chi connectivity index (χ0n) is 14.2. The Bertz CT molecular complexity index is 848. The molecule has 136 valence electrons. The van der Waals surface area contributed by atoms with Crippen molar-refractivity contribution in [1.29, 1.82) is 0 Å². The summed E-state index contributed by atoms with van der Waals surface area (Å²) in [5.74, 6) is -0.0958. The molecule has 0 aliphatic rings. The van der Waals surface area contributed by atoms with Crippen molar-refractivity contribution in [3.05, 3.63) is 34.8 Å². The second-order valence-corrected chi connectivity index (χ2v) is 6.25. The lowest BCUT2D eigenvalue weighted by Crippen LogP contribution is -2.30. The van der Waals surface area contributed by atoms with Crippen LogP contribution in [0.2, 0.25) is 0 Å². The monoisotopic (exact) mass is 401 g/mol. The van der Waals surface area contributed by atoms with Crippen molar-refractivity contribution in [3.8, 4) is 10.6 Å². The molecule has 3 aromatic heterocycles. The number of aryl methyl sites for hydroxylation is 2. The minimum atomic E-state index is -0.0958. The molecular weight excluding hydrogens is 381 g/mol. The molecule has 1 amide bonds. The summed E-state index contributed by atoms with van der Waals surface area (Å²) in [6.45, 7) is 3.20. The molecule has 0 aliphatic heterocycles. The van der Waals surface area contributed by atoms with E-state index >= 15 is 0 Å². The Kier molecular flexibility index (Phi) is 7.82. The quantitative estimate of drug-likeness (QED) is 0.644. The van der Waals surface area contributed by atoms with Crippen LogP contribution < -0.4 is 10.6 Å². The number of thiophene rings is 1. The lowest BCUT2D eigenvalue weighted by Gasteiger charge is -2.08. The Hall–Kier alpha value is -1.67. The topological polar surface area (TPSA) is 71.8 Å². The maximum Gasteiger partial charge on any atom is 0.252 e. The number of rotatable bonds is 5. The first-order valence-corrected chi connectivity index (χ1v) is 8.31. The first-order chi connectivity index (χ1) is 11.1. The molecule has 3 aromatic rings. The van der Waals surface area contributed by atoms with Gasteiger partial charge < -0.3 is 10.6 Å². The van der Waals surface area contributed by atoms with Gasteiger partial charge in [-0.2, -0.15) is 5.10 Å². The van der Waals surface area contributed by atoms with E-state index in [2.05, 4.69) is 15.7 Å². The molecule has 3 heterocycles. The highest BCUT2D eigenvalue weighted by Crippen LogP contribution is 2.29. The highest BCUT2D eigenvalue weighted by atomic mass is 35.5. The third-order valence-electron chi connectivity index (χ3n) is 3.65. The van der Waals surface area contributed by atoms with Gasteiger partial charge in [-0.05, 0) is 31.5 Å². The van der Waals surface area contributed by atoms with Crippen LogP contribution in [0, 0.1) is 6.92 Å². The molecule has 0 spiro atoms. The van der Waals surface area contributed by atoms with Crippen LogP contribution >= 0.6 is 36.2 Å². The molecule has 2 N–H and O–H groups in total. The van der Waals surface area contributed by atoms with Crippen LogP contribution in [0.5, 0.6) is 0 Å². The largest absolute Gasteiger partial charge is 0.351 e. The summed E-state index contributed by atoms with van der Waals surface area (Å²) in [5.41, 5.74) is 2.97. The molecule has 0 saturated heterocycles. The zero-order valence-corrected chi connectivity index (χ0v) is 16.6. The van der Waals surface area contributed by atoms with Gasteiger partial charge in [0.15, 0.2) is 5.65 Å². The van der Waals surface area contributed by atoms with Crippen LogP contribution in [-0.2, 0) is 7.05 Å². The smallest absolute Gasteiger partial charge is 0.252 e. The van der Waals surface area contributed by atoms with E-state index in [4.69, 9.17) is 4.98 Å². The van der Waals surface area contributed by atoms with Gasteiger partial charge in [-0.3, -0.25) is 9.48 Å². The molecule has 0 aliphatic carbocycles. The maximum atomic E-state index is 12.6. The summed E-state index contributed by atoms with van der Waals surface area (Å²) in [7, 11) is 3.71. The molecule has 0 aromatic carbocycles. The van der Waals surface area contributed by atoms with Gasteiger partial charge in [-0.1, -0.05) is 6.07 Å². The standard InChI is InChI=1S/C16H19N5OS.2ClH/c1-10-14-11(16(22)18-7-6-17-2)9-12(13-5-4-8-23-13)19-15(14)21(3)20-10;;/h4-5,8-9,17H,6-7H2,1-3H3,(H,18,22);2*1H. The molecule has 25 heavy (non-hydrogen) atoms. The van der Waals surface area contributed by atoms with Gasteiger partial charge in [0.1, 0.15) is 0 Å². The Morgan fingerprint density at radius 1 is 1.32 bits per heavy atom. The van der Waals surface area contributed by atoms with E-state index in [9.17, 15) is 4.79 Å². The number of hydrogen-bond donors (Lipinski definition) is 2. The maximum absolute atomic E-state index is 12.6. The number of pyridine rings is 1. The third kappa shape index (κ3) is 4.30. The van der Waals surface area contributed by atoms with E-state index in [1.54, 1.807) is 16.0 Å². The summed E-state index contributed by atoms with van der Waals surface area (Å²) in [4.78, 5) is 18.3. The SMILES string of the molecule is CNCCNC(=O)c1cc(-c2cccs2)nc2c1c(C)nn2C.Cl.Cl. The molecule has 0 bridgehead atoms. The van der Waals surface area contributed by atoms with E-state index in [0.29, 0.717) is 12.1 Å². The van der Waals surface area contributed by atoms with Crippen molar-refractivity contribution >= 4 is 53.1 Å². The number of fused-ring (bicyclic) bond motifs is 1. The fraction of sp³-hybridized carbons (Fsp3) is 0.312. The van der Waals surface area contributed by atoms with Crippen molar-refractivity contribution in [2.75, 3.05) is 20.1 Å². The van der Waals surface area contributed by atoms with Crippen LogP contribution in [0.3, 0.4) is 0 Å². The van der Waals surface area contributed by atoms with Crippen LogP contribution in [0.15, 0.2) is 23.6 Å². The summed E-state index contributed by atoms with van der Waals surface area (Å²) < 4.78 is 1.73. The zero-order chi connectivity index (χ0) is 16.4. The Morgan fingerprint density at radius 3 is 2.72 bits per heavy atom. The van der Waals surface area contributed by atoms with E-state index < -0.39 is 0 Å². The Labute approximate surface area is 162 Å². The molecule has 0 saturated carbocycles. The second-order valence-electron chi connectivity index (χ2n) is 5.30. The summed E-state index contributed by atoms with van der Waals surface area (Å²) in [5, 5.41) is 13.2. The van der Waals surface area contributed by atoms with Gasteiger partial charge in [0.25, 0.3) is 5.91 Å². The van der Waals surface area contributed by atoms with Crippen molar-refractivity contribution in [1.82, 2.24) is 25.4 Å². The minimum Gasteiger partial charge on any atom is -0.351 e. The predicted molar refractivity (Wildman–Crippen MR) is 107 cm³/mol. The lowest BCUT2D eigenvalue weighted by molar-refractivity contribution is 0.0955. The number of halogens is 2. The van der Waals surface area contributed by atoms with E-state index in [1.165, 1.54) is 0 Å². The van der Waals surface area contributed by atoms with Crippen LogP contribution in [0.25, 0.3) is 21.6 Å². The average Bonchev–Trinajstić information content (AvgIpc) is 3.16. The van der Waals surface area contributed by atoms with Gasteiger partial charge >= 0.3 is 0 Å². The summed E-state index contributed by atoms with van der Waals surface area (Å²) >= 11 is 1.61. The summed E-state index contributed by atoms with van der Waals surface area (Å²) in [6, 6.07) is 5.84. The van der Waals surface area contributed by atoms with Crippen LogP contribution in [0.1, 0.15) is 16.1 Å². The molecule has 6 nitrogen and oxygen atoms in total. The van der Waals surface area contributed by atoms with E-state index in [-0.39, 0.29) is 30.7 Å². The van der Waals surface area contributed by atoms with Gasteiger partial charge in [-0.25, -0.2) is 4.98 Å². The van der Waals surface area contributed by atoms with Gasteiger partial charge in [0.05, 0.1) is 27.2 Å². The Balaban J connectivity index is 0.00000156. The van der Waals surface area contributed by atoms with Crippen LogP contribution in [0.4, 0.5) is 0 Å². The first-order valence-electron chi connectivity index (χ1n) is 7.43. The molecule has 9 heteroatoms. The van der Waals surface area contributed by atoms with Gasteiger partial charge in [0, 0.05) is 20.1 Å². The number of hydrogen-bond acceptors (Lipinski definition) is 5. The number of amides is 1. The fourth-order valence-corrected chi connectivity index (χ4v) is 3.26. The van der Waals surface area contributed by atoms with Crippen molar-refractivity contribution in [3.63, 3.8) is 0 Å². The highest BCUT2D eigenvalue weighted by molar-refractivity contribution is 7.13. The first kappa shape index (κ1) is 21.4. The number of carbonyl (C=O) groups excluding carboxylic acids is 1. The van der Waals surface area contributed by atoms with E-state index in [1.807, 2.05) is 44.6 Å². The second kappa shape index (κ2) is 9.15. The number of nitrogens with one attached hydrogen (secondary N) is 2. The summed E-state index contributed by atoms with van der Waals surface area (Å²) in [6.07, 6.45) is 0. The molecule has 0 unspecified atom stereocenters. The Morgan fingerprint density at radius 2 is 2.08 bits per heavy atom. The van der Waals surface area contributed by atoms with Crippen molar-refractivity contribution in [2.24, 2.45) is 7.05 Å². The van der Waals surface area contributed by atoms with Gasteiger partial charge in [-0.15, -0.1) is 36.2 Å². The van der Waals surface area contributed by atoms with Crippen molar-refractivity contribution < 1.29 is 4.79 Å².